The first kappa shape index (κ1) is 18.6. The standard InChI is InChI=1S/C18H14Cl2N2O3S2/c19-14-3-1-12(9-15(14)20)22-6-7-25-17-10-13(2-4-16(17)22)27(23,24)11-18-21-5-8-26-18/h1-5,8-10H,6-7,11H2. The molecule has 0 bridgehead atoms. The van der Waals surface area contributed by atoms with E-state index in [1.807, 2.05) is 11.0 Å². The van der Waals surface area contributed by atoms with Crippen LogP contribution in [-0.4, -0.2) is 26.6 Å². The first-order valence-corrected chi connectivity index (χ1v) is 11.3. The van der Waals surface area contributed by atoms with Crippen LogP contribution >= 0.6 is 34.5 Å². The zero-order valence-corrected chi connectivity index (χ0v) is 17.1. The van der Waals surface area contributed by atoms with Crippen LogP contribution in [0.1, 0.15) is 5.01 Å². The molecule has 1 aliphatic rings. The van der Waals surface area contributed by atoms with Crippen molar-refractivity contribution in [2.24, 2.45) is 0 Å². The van der Waals surface area contributed by atoms with Gasteiger partial charge in [0.05, 0.1) is 27.2 Å². The van der Waals surface area contributed by atoms with Gasteiger partial charge in [0.1, 0.15) is 23.1 Å². The van der Waals surface area contributed by atoms with E-state index in [1.165, 1.54) is 11.3 Å². The van der Waals surface area contributed by atoms with E-state index in [1.54, 1.807) is 41.9 Å². The van der Waals surface area contributed by atoms with Crippen LogP contribution in [0.4, 0.5) is 11.4 Å². The summed E-state index contributed by atoms with van der Waals surface area (Å²) < 4.78 is 31.1. The molecule has 3 aromatic rings. The van der Waals surface area contributed by atoms with Crippen LogP contribution in [0, 0.1) is 0 Å². The van der Waals surface area contributed by atoms with Crippen molar-refractivity contribution in [1.29, 1.82) is 0 Å². The number of thiazole rings is 1. The van der Waals surface area contributed by atoms with Crippen molar-refractivity contribution in [3.05, 3.63) is 63.0 Å². The number of hydrogen-bond donors (Lipinski definition) is 0. The van der Waals surface area contributed by atoms with E-state index in [0.717, 1.165) is 11.4 Å². The molecular weight excluding hydrogens is 427 g/mol. The summed E-state index contributed by atoms with van der Waals surface area (Å²) >= 11 is 13.5. The third kappa shape index (κ3) is 3.78. The molecule has 27 heavy (non-hydrogen) atoms. The molecule has 0 fully saturated rings. The van der Waals surface area contributed by atoms with E-state index < -0.39 is 9.84 Å². The van der Waals surface area contributed by atoms with E-state index in [9.17, 15) is 8.42 Å². The molecule has 1 aromatic heterocycles. The maximum absolute atomic E-state index is 12.7. The van der Waals surface area contributed by atoms with Crippen molar-refractivity contribution in [3.63, 3.8) is 0 Å². The van der Waals surface area contributed by atoms with Gasteiger partial charge in [-0.1, -0.05) is 23.2 Å². The molecule has 5 nitrogen and oxygen atoms in total. The van der Waals surface area contributed by atoms with Gasteiger partial charge in [-0.25, -0.2) is 13.4 Å². The summed E-state index contributed by atoms with van der Waals surface area (Å²) in [4.78, 5) is 6.30. The van der Waals surface area contributed by atoms with Gasteiger partial charge in [-0.15, -0.1) is 11.3 Å². The highest BCUT2D eigenvalue weighted by molar-refractivity contribution is 7.90. The average molecular weight is 441 g/mol. The van der Waals surface area contributed by atoms with E-state index in [2.05, 4.69) is 4.98 Å². The number of anilines is 2. The molecule has 2 aromatic carbocycles. The summed E-state index contributed by atoms with van der Waals surface area (Å²) in [7, 11) is -3.50. The minimum absolute atomic E-state index is 0.125. The van der Waals surface area contributed by atoms with E-state index in [0.29, 0.717) is 34.0 Å². The van der Waals surface area contributed by atoms with Gasteiger partial charge in [0.2, 0.25) is 0 Å². The predicted molar refractivity (Wildman–Crippen MR) is 108 cm³/mol. The molecule has 0 saturated carbocycles. The molecular formula is C18H14Cl2N2O3S2. The third-order valence-electron chi connectivity index (χ3n) is 4.17. The maximum Gasteiger partial charge on any atom is 0.185 e. The van der Waals surface area contributed by atoms with Gasteiger partial charge in [-0.3, -0.25) is 0 Å². The van der Waals surface area contributed by atoms with E-state index in [4.69, 9.17) is 27.9 Å². The Morgan fingerprint density at radius 3 is 2.74 bits per heavy atom. The van der Waals surface area contributed by atoms with Crippen LogP contribution in [0.25, 0.3) is 0 Å². The zero-order chi connectivity index (χ0) is 19.0. The summed E-state index contributed by atoms with van der Waals surface area (Å²) in [6, 6.07) is 10.3. The summed E-state index contributed by atoms with van der Waals surface area (Å²) in [5.41, 5.74) is 1.65. The average Bonchev–Trinajstić information content (AvgIpc) is 3.15. The van der Waals surface area contributed by atoms with Crippen LogP contribution in [-0.2, 0) is 15.6 Å². The molecule has 1 aliphatic heterocycles. The van der Waals surface area contributed by atoms with Crippen molar-refractivity contribution < 1.29 is 13.2 Å². The minimum Gasteiger partial charge on any atom is -0.489 e. The Hall–Kier alpha value is -1.80. The molecule has 9 heteroatoms. The fourth-order valence-corrected chi connectivity index (χ4v) is 5.44. The van der Waals surface area contributed by atoms with Crippen molar-refractivity contribution in [2.75, 3.05) is 18.1 Å². The molecule has 0 atom stereocenters. The Morgan fingerprint density at radius 1 is 1.15 bits per heavy atom. The third-order valence-corrected chi connectivity index (χ3v) is 7.49. The summed E-state index contributed by atoms with van der Waals surface area (Å²) in [5.74, 6) is 0.396. The van der Waals surface area contributed by atoms with E-state index in [-0.39, 0.29) is 10.6 Å². The lowest BCUT2D eigenvalue weighted by atomic mass is 10.2. The van der Waals surface area contributed by atoms with Gasteiger partial charge < -0.3 is 9.64 Å². The fourth-order valence-electron chi connectivity index (χ4n) is 2.89. The molecule has 0 spiro atoms. The van der Waals surface area contributed by atoms with Gasteiger partial charge >= 0.3 is 0 Å². The summed E-state index contributed by atoms with van der Waals surface area (Å²) in [6.07, 6.45) is 1.60. The van der Waals surface area contributed by atoms with Gasteiger partial charge in [0, 0.05) is 23.3 Å². The largest absolute Gasteiger partial charge is 0.489 e. The topological polar surface area (TPSA) is 59.5 Å². The highest BCUT2D eigenvalue weighted by atomic mass is 35.5. The Labute approximate surface area is 171 Å². The second kappa shape index (κ2) is 7.31. The van der Waals surface area contributed by atoms with E-state index >= 15 is 0 Å². The smallest absolute Gasteiger partial charge is 0.185 e. The molecule has 0 radical (unpaired) electrons. The number of aromatic nitrogens is 1. The number of fused-ring (bicyclic) bond motifs is 1. The molecule has 2 heterocycles. The molecule has 0 N–H and O–H groups in total. The molecule has 0 unspecified atom stereocenters. The van der Waals surface area contributed by atoms with Gasteiger partial charge in [0.25, 0.3) is 0 Å². The Balaban J connectivity index is 1.68. The van der Waals surface area contributed by atoms with Gasteiger partial charge in [-0.05, 0) is 30.3 Å². The normalized spacial score (nSPS) is 13.9. The molecule has 0 aliphatic carbocycles. The Bertz CT molecular complexity index is 1090. The number of sulfone groups is 1. The molecule has 0 amide bonds. The first-order valence-electron chi connectivity index (χ1n) is 8.04. The predicted octanol–water partition coefficient (Wildman–Crippen LogP) is 4.95. The summed E-state index contributed by atoms with van der Waals surface area (Å²) in [6.45, 7) is 1.05. The first-order chi connectivity index (χ1) is 12.9. The highest BCUT2D eigenvalue weighted by Crippen LogP contribution is 2.40. The lowest BCUT2D eigenvalue weighted by Gasteiger charge is -2.31. The summed E-state index contributed by atoms with van der Waals surface area (Å²) in [5, 5.41) is 3.27. The van der Waals surface area contributed by atoms with Gasteiger partial charge in [0.15, 0.2) is 9.84 Å². The van der Waals surface area contributed by atoms with Crippen molar-refractivity contribution in [1.82, 2.24) is 4.98 Å². The molecule has 4 rings (SSSR count). The monoisotopic (exact) mass is 440 g/mol. The number of hydrogen-bond acceptors (Lipinski definition) is 6. The second-order valence-electron chi connectivity index (χ2n) is 5.91. The number of nitrogens with zero attached hydrogens (tertiary/aromatic N) is 2. The zero-order valence-electron chi connectivity index (χ0n) is 13.9. The van der Waals surface area contributed by atoms with Crippen molar-refractivity contribution >= 4 is 55.8 Å². The highest BCUT2D eigenvalue weighted by Gasteiger charge is 2.24. The number of rotatable bonds is 4. The SMILES string of the molecule is O=S(=O)(Cc1nccs1)c1ccc2c(c1)OCCN2c1ccc(Cl)c(Cl)c1. The van der Waals surface area contributed by atoms with Crippen LogP contribution in [0.3, 0.4) is 0 Å². The van der Waals surface area contributed by atoms with Crippen molar-refractivity contribution in [2.45, 2.75) is 10.6 Å². The van der Waals surface area contributed by atoms with Crippen LogP contribution in [0.5, 0.6) is 5.75 Å². The minimum atomic E-state index is -3.50. The number of ether oxygens (including phenoxy) is 1. The second-order valence-corrected chi connectivity index (χ2v) is 9.70. The van der Waals surface area contributed by atoms with Crippen molar-refractivity contribution in [3.8, 4) is 5.75 Å². The fraction of sp³-hybridized carbons (Fsp3) is 0.167. The lowest BCUT2D eigenvalue weighted by molar-refractivity contribution is 0.313. The Kier molecular flexibility index (Phi) is 5.03. The molecule has 0 saturated heterocycles. The number of benzene rings is 2. The van der Waals surface area contributed by atoms with Crippen LogP contribution in [0.2, 0.25) is 10.0 Å². The maximum atomic E-state index is 12.7. The quantitative estimate of drug-likeness (QED) is 0.573. The van der Waals surface area contributed by atoms with Crippen LogP contribution in [0.15, 0.2) is 52.9 Å². The number of halogens is 2. The lowest BCUT2D eigenvalue weighted by Crippen LogP contribution is -2.28. The molecule has 140 valence electrons. The van der Waals surface area contributed by atoms with Gasteiger partial charge in [-0.2, -0.15) is 0 Å². The van der Waals surface area contributed by atoms with Crippen LogP contribution < -0.4 is 9.64 Å². The Morgan fingerprint density at radius 2 is 2.00 bits per heavy atom.